The van der Waals surface area contributed by atoms with Crippen LogP contribution in [0.15, 0.2) is 28.9 Å². The van der Waals surface area contributed by atoms with Crippen LogP contribution >= 0.6 is 0 Å². The van der Waals surface area contributed by atoms with E-state index in [4.69, 9.17) is 9.84 Å². The highest BCUT2D eigenvalue weighted by Crippen LogP contribution is 2.33. The molecule has 1 fully saturated rings. The minimum absolute atomic E-state index is 0.205. The third kappa shape index (κ3) is 2.76. The maximum absolute atomic E-state index is 5.93. The van der Waals surface area contributed by atoms with E-state index in [1.165, 1.54) is 24.1 Å². The zero-order chi connectivity index (χ0) is 13.2. The standard InChI is InChI=1S/C16H24N2O/c1-12-6-8-14(9-7-12)15-11-13(2)17-18(15)16-5-3-4-10-19-16/h6-8,14-16H,3-5,9-11H2,1-2H3/t14-,15+,16?/m0/s1. The summed E-state index contributed by atoms with van der Waals surface area (Å²) in [7, 11) is 0. The monoisotopic (exact) mass is 260 g/mol. The summed E-state index contributed by atoms with van der Waals surface area (Å²) in [5.74, 6) is 0.579. The Bertz CT molecular complexity index is 418. The summed E-state index contributed by atoms with van der Waals surface area (Å²) < 4.78 is 5.93. The number of rotatable bonds is 2. The molecule has 3 aliphatic rings. The van der Waals surface area contributed by atoms with E-state index >= 15 is 0 Å². The molecule has 1 unspecified atom stereocenters. The number of nitrogens with zero attached hydrogens (tertiary/aromatic N) is 2. The lowest BCUT2D eigenvalue weighted by Gasteiger charge is -2.37. The maximum Gasteiger partial charge on any atom is 0.146 e. The molecule has 0 N–H and O–H groups in total. The fourth-order valence-electron chi connectivity index (χ4n) is 3.30. The van der Waals surface area contributed by atoms with Crippen LogP contribution in [0.1, 0.15) is 46.0 Å². The second-order valence-corrected chi connectivity index (χ2v) is 6.01. The first kappa shape index (κ1) is 12.9. The van der Waals surface area contributed by atoms with E-state index in [0.29, 0.717) is 12.0 Å². The molecule has 0 amide bonds. The largest absolute Gasteiger partial charge is 0.357 e. The fraction of sp³-hybridized carbons (Fsp3) is 0.688. The molecule has 0 spiro atoms. The SMILES string of the molecule is CC1=CC[C@@H]([C@H]2CC(C)=NN2C2CCCCO2)C=C1. The lowest BCUT2D eigenvalue weighted by Crippen LogP contribution is -2.43. The van der Waals surface area contributed by atoms with Gasteiger partial charge in [-0.05, 0) is 39.5 Å². The van der Waals surface area contributed by atoms with Crippen LogP contribution in [0.25, 0.3) is 0 Å². The minimum Gasteiger partial charge on any atom is -0.357 e. The van der Waals surface area contributed by atoms with E-state index in [9.17, 15) is 0 Å². The average molecular weight is 260 g/mol. The molecule has 0 radical (unpaired) electrons. The topological polar surface area (TPSA) is 24.8 Å². The van der Waals surface area contributed by atoms with Gasteiger partial charge in [0.25, 0.3) is 0 Å². The van der Waals surface area contributed by atoms with Gasteiger partial charge in [-0.25, -0.2) is 0 Å². The third-order valence-electron chi connectivity index (χ3n) is 4.39. The molecule has 1 aliphatic carbocycles. The van der Waals surface area contributed by atoms with Gasteiger partial charge in [-0.1, -0.05) is 23.8 Å². The van der Waals surface area contributed by atoms with E-state index < -0.39 is 0 Å². The lowest BCUT2D eigenvalue weighted by atomic mass is 9.88. The van der Waals surface area contributed by atoms with E-state index in [1.807, 2.05) is 0 Å². The van der Waals surface area contributed by atoms with E-state index in [-0.39, 0.29) is 6.23 Å². The van der Waals surface area contributed by atoms with Crippen molar-refractivity contribution >= 4 is 5.71 Å². The van der Waals surface area contributed by atoms with Gasteiger partial charge in [0.05, 0.1) is 6.04 Å². The Morgan fingerprint density at radius 2 is 2.21 bits per heavy atom. The van der Waals surface area contributed by atoms with Crippen molar-refractivity contribution in [2.75, 3.05) is 6.61 Å². The quantitative estimate of drug-likeness (QED) is 0.759. The van der Waals surface area contributed by atoms with Crippen molar-refractivity contribution in [3.05, 3.63) is 23.8 Å². The number of hydrazone groups is 1. The van der Waals surface area contributed by atoms with Gasteiger partial charge in [0.1, 0.15) is 6.23 Å². The molecule has 2 heterocycles. The predicted octanol–water partition coefficient (Wildman–Crippen LogP) is 3.49. The van der Waals surface area contributed by atoms with E-state index in [1.54, 1.807) is 0 Å². The maximum atomic E-state index is 5.93. The zero-order valence-electron chi connectivity index (χ0n) is 12.0. The van der Waals surface area contributed by atoms with Crippen LogP contribution in [-0.4, -0.2) is 29.6 Å². The van der Waals surface area contributed by atoms with Crippen molar-refractivity contribution < 1.29 is 4.74 Å². The van der Waals surface area contributed by atoms with Gasteiger partial charge in [0, 0.05) is 24.7 Å². The molecule has 0 bridgehead atoms. The normalized spacial score (nSPS) is 35.3. The van der Waals surface area contributed by atoms with Crippen LogP contribution < -0.4 is 0 Å². The van der Waals surface area contributed by atoms with Gasteiger partial charge in [-0.15, -0.1) is 0 Å². The van der Waals surface area contributed by atoms with E-state index in [0.717, 1.165) is 25.9 Å². The highest BCUT2D eigenvalue weighted by Gasteiger charge is 2.36. The molecule has 2 aliphatic heterocycles. The van der Waals surface area contributed by atoms with Crippen LogP contribution in [0.2, 0.25) is 0 Å². The second kappa shape index (κ2) is 5.49. The molecule has 19 heavy (non-hydrogen) atoms. The second-order valence-electron chi connectivity index (χ2n) is 6.01. The average Bonchev–Trinajstić information content (AvgIpc) is 2.83. The first-order valence-electron chi connectivity index (χ1n) is 7.53. The van der Waals surface area contributed by atoms with Gasteiger partial charge >= 0.3 is 0 Å². The Labute approximate surface area is 116 Å². The molecule has 0 aromatic rings. The number of allylic oxidation sites excluding steroid dienone is 3. The number of hydrogen-bond donors (Lipinski definition) is 0. The van der Waals surface area contributed by atoms with Crippen LogP contribution in [-0.2, 0) is 4.74 Å². The van der Waals surface area contributed by atoms with Crippen molar-refractivity contribution in [2.24, 2.45) is 11.0 Å². The van der Waals surface area contributed by atoms with Crippen molar-refractivity contribution in [1.82, 2.24) is 5.01 Å². The van der Waals surface area contributed by atoms with Gasteiger partial charge in [0.15, 0.2) is 0 Å². The third-order valence-corrected chi connectivity index (χ3v) is 4.39. The lowest BCUT2D eigenvalue weighted by molar-refractivity contribution is -0.102. The molecule has 3 rings (SSSR count). The predicted molar refractivity (Wildman–Crippen MR) is 77.9 cm³/mol. The van der Waals surface area contributed by atoms with Crippen LogP contribution in [0.3, 0.4) is 0 Å². The Kier molecular flexibility index (Phi) is 3.74. The number of hydrogen-bond acceptors (Lipinski definition) is 3. The van der Waals surface area contributed by atoms with Crippen molar-refractivity contribution in [3.8, 4) is 0 Å². The fourth-order valence-corrected chi connectivity index (χ4v) is 3.30. The molecule has 1 saturated heterocycles. The summed E-state index contributed by atoms with van der Waals surface area (Å²) in [6, 6.07) is 0.490. The van der Waals surface area contributed by atoms with Gasteiger partial charge in [-0.2, -0.15) is 5.10 Å². The first-order valence-corrected chi connectivity index (χ1v) is 7.53. The smallest absolute Gasteiger partial charge is 0.146 e. The molecule has 3 heteroatoms. The van der Waals surface area contributed by atoms with E-state index in [2.05, 4.69) is 37.1 Å². The summed E-state index contributed by atoms with van der Waals surface area (Å²) in [4.78, 5) is 0. The molecule has 0 aromatic heterocycles. The first-order chi connectivity index (χ1) is 9.24. The molecular formula is C16H24N2O. The summed E-state index contributed by atoms with van der Waals surface area (Å²) >= 11 is 0. The highest BCUT2D eigenvalue weighted by atomic mass is 16.5. The van der Waals surface area contributed by atoms with Gasteiger partial charge in [0.2, 0.25) is 0 Å². The summed E-state index contributed by atoms with van der Waals surface area (Å²) in [5.41, 5.74) is 2.63. The Morgan fingerprint density at radius 1 is 1.32 bits per heavy atom. The Hall–Kier alpha value is -1.09. The number of ether oxygens (including phenoxy) is 1. The van der Waals surface area contributed by atoms with Gasteiger partial charge in [-0.3, -0.25) is 5.01 Å². The summed E-state index contributed by atoms with van der Waals surface area (Å²) in [6.07, 6.45) is 13.0. The molecule has 0 aromatic carbocycles. The van der Waals surface area contributed by atoms with Gasteiger partial charge < -0.3 is 4.74 Å². The Morgan fingerprint density at radius 3 is 2.89 bits per heavy atom. The minimum atomic E-state index is 0.205. The van der Waals surface area contributed by atoms with Crippen molar-refractivity contribution in [1.29, 1.82) is 0 Å². The molecule has 0 saturated carbocycles. The molecule has 3 nitrogen and oxygen atoms in total. The zero-order valence-corrected chi connectivity index (χ0v) is 12.0. The van der Waals surface area contributed by atoms with Crippen molar-refractivity contribution in [3.63, 3.8) is 0 Å². The van der Waals surface area contributed by atoms with Crippen LogP contribution in [0, 0.1) is 5.92 Å². The van der Waals surface area contributed by atoms with Crippen molar-refractivity contribution in [2.45, 2.75) is 58.2 Å². The molecule has 104 valence electrons. The molecular weight excluding hydrogens is 236 g/mol. The molecule has 3 atom stereocenters. The summed E-state index contributed by atoms with van der Waals surface area (Å²) in [6.45, 7) is 5.20. The van der Waals surface area contributed by atoms with Crippen LogP contribution in [0.5, 0.6) is 0 Å². The Balaban J connectivity index is 1.72. The summed E-state index contributed by atoms with van der Waals surface area (Å²) in [5, 5.41) is 7.02. The highest BCUT2D eigenvalue weighted by molar-refractivity contribution is 5.83. The van der Waals surface area contributed by atoms with Crippen LogP contribution in [0.4, 0.5) is 0 Å².